The van der Waals surface area contributed by atoms with Gasteiger partial charge in [-0.15, -0.1) is 0 Å². The van der Waals surface area contributed by atoms with Gasteiger partial charge in [0.15, 0.2) is 0 Å². The summed E-state index contributed by atoms with van der Waals surface area (Å²) in [5.41, 5.74) is 5.29. The van der Waals surface area contributed by atoms with Crippen LogP contribution in [0, 0.1) is 83.8 Å². The largest absolute Gasteiger partial charge is 0.523 e. The molecule has 0 bridgehead atoms. The lowest BCUT2D eigenvalue weighted by Crippen LogP contribution is -2.35. The number of aromatic nitrogens is 10. The molecule has 118 heavy (non-hydrogen) atoms. The minimum absolute atomic E-state index is 0.0972. The van der Waals surface area contributed by atoms with E-state index in [1.54, 1.807) is 50.4 Å². The first-order chi connectivity index (χ1) is 54.6. The summed E-state index contributed by atoms with van der Waals surface area (Å²) in [7, 11) is 10.8. The van der Waals surface area contributed by atoms with Crippen molar-refractivity contribution in [3.05, 3.63) is 281 Å². The van der Waals surface area contributed by atoms with Gasteiger partial charge >= 0.3 is 48.7 Å². The average Bonchev–Trinajstić information content (AvgIpc) is 0.859. The van der Waals surface area contributed by atoms with Crippen LogP contribution in [0.5, 0.6) is 0 Å². The maximum atomic E-state index is 12.2. The van der Waals surface area contributed by atoms with E-state index in [0.717, 1.165) is 76.3 Å². The predicted octanol–water partition coefficient (Wildman–Crippen LogP) is 17.3. The lowest BCUT2D eigenvalue weighted by molar-refractivity contribution is -0.389. The molecule has 0 radical (unpaired) electrons. The van der Waals surface area contributed by atoms with Gasteiger partial charge in [0.05, 0.1) is 56.5 Å². The molecule has 0 spiro atoms. The summed E-state index contributed by atoms with van der Waals surface area (Å²) in [6, 6.07) is 35.9. The molecule has 0 amide bonds. The van der Waals surface area contributed by atoms with E-state index in [1.807, 2.05) is 113 Å². The molecule has 44 heteroatoms. The van der Waals surface area contributed by atoms with Crippen molar-refractivity contribution in [1.82, 2.24) is 58.8 Å². The molecule has 10 heterocycles. The van der Waals surface area contributed by atoms with Crippen molar-refractivity contribution in [2.45, 2.75) is 73.9 Å². The molecular formula is C74H94Br4F8N18O12S2+2. The Bertz CT molecular complexity index is 4720. The second kappa shape index (κ2) is 55.8. The molecule has 30 nitrogen and oxygen atoms in total. The predicted molar refractivity (Wildman–Crippen MR) is 457 cm³/mol. The highest BCUT2D eigenvalue weighted by Crippen LogP contribution is 2.25. The van der Waals surface area contributed by atoms with Crippen LogP contribution in [0.2, 0.25) is 0 Å². The summed E-state index contributed by atoms with van der Waals surface area (Å²) in [6.07, 6.45) is 16.2. The number of anilines is 3. The number of nitrogen functional groups attached to an aromatic ring is 1. The Hall–Kier alpha value is -9.80. The highest BCUT2D eigenvalue weighted by molar-refractivity contribution is 9.09. The fraction of sp³-hybridized carbons (Fsp3) is 0.324. The van der Waals surface area contributed by atoms with Gasteiger partial charge < -0.3 is 45.9 Å². The summed E-state index contributed by atoms with van der Waals surface area (Å²) >= 11 is 13.2. The number of halogens is 12. The van der Waals surface area contributed by atoms with Crippen LogP contribution < -0.4 is 24.5 Å². The van der Waals surface area contributed by atoms with Crippen molar-refractivity contribution in [2.75, 3.05) is 100 Å². The van der Waals surface area contributed by atoms with Gasteiger partial charge in [-0.25, -0.2) is 34.9 Å². The first-order valence-corrected chi connectivity index (χ1v) is 40.8. The van der Waals surface area contributed by atoms with Gasteiger partial charge in [0.25, 0.3) is 0 Å². The van der Waals surface area contributed by atoms with Crippen molar-refractivity contribution in [3.63, 3.8) is 0 Å². The number of nitrogens with two attached hydrogens (primary N) is 1. The Kier molecular flexibility index (Phi) is 52.1. The van der Waals surface area contributed by atoms with Gasteiger partial charge in [-0.1, -0.05) is 63.7 Å². The van der Waals surface area contributed by atoms with Crippen molar-refractivity contribution in [1.29, 1.82) is 0 Å². The number of hydrogen-bond donors (Lipinski definition) is 1. The van der Waals surface area contributed by atoms with Crippen molar-refractivity contribution >= 4 is 130 Å². The van der Waals surface area contributed by atoms with Crippen LogP contribution in [-0.4, -0.2) is 177 Å². The molecular weight excluding hydrogens is 1870 g/mol. The van der Waals surface area contributed by atoms with Gasteiger partial charge in [0, 0.05) is 123 Å². The van der Waals surface area contributed by atoms with Crippen molar-refractivity contribution < 1.29 is 75.1 Å². The second-order valence-corrected chi connectivity index (χ2v) is 31.1. The number of nitro groups is 3. The van der Waals surface area contributed by atoms with Crippen LogP contribution in [-0.2, 0) is 49.9 Å². The molecule has 0 aliphatic heterocycles. The number of nitrogens with zero attached hydrogens (tertiary/aromatic N) is 17. The molecule has 2 N–H and O–H groups in total. The fourth-order valence-electron chi connectivity index (χ4n) is 7.01. The SMILES string of the molecule is CN(C)c1cc(CBr)ccn1.COS(=O)(=O)C(F)(F)F.COS(=O)(=O)C(F)(F)F.C[N+](C)(C)c1cc(CBr)ccn1.Cc1ccnc(N(C)C)c1.Cc1ccnc(N)c1.Cc1ccnc([18F])c1.Cc1ccnc([N+](=O)[O-])c1.Cc1ccnc([N+](=O)[O-])c1.Cc1ccnc([N+](C)(C)C)c1.O=[N+]([O-])c1cc(CBr)ccn1.[18F]c1cc(CBr)ccn1. The minimum Gasteiger partial charge on any atom is -0.384 e. The summed E-state index contributed by atoms with van der Waals surface area (Å²) in [5, 5.41) is 33.4. The molecule has 0 fully saturated rings. The molecule has 0 atom stereocenters. The van der Waals surface area contributed by atoms with Gasteiger partial charge in [0.2, 0.25) is 23.5 Å². The maximum Gasteiger partial charge on any atom is 0.523 e. The summed E-state index contributed by atoms with van der Waals surface area (Å²) < 4.78 is 138. The number of alkyl halides is 10. The average molecular weight is 1960 g/mol. The van der Waals surface area contributed by atoms with E-state index >= 15 is 0 Å². The third kappa shape index (κ3) is 49.4. The monoisotopic (exact) mass is 1960 g/mol. The Balaban J connectivity index is 0. The number of quaternary nitrogens is 2. The Morgan fingerprint density at radius 1 is 0.381 bits per heavy atom. The standard InChI is InChI=1S/C9H14BrN2.C9H15N2.C8H11BrN2.C8H12N2.C6H5BrFN.C6H5BrN2O2.C6H6FN.2C6H6N2O2.C6H8N2.2C2H3F3O3S/c1-12(2,3)9-6-8(7-10)4-5-11-9;1-8-5-6-10-9(7-8)11(2,3)4;1-11(2)8-5-7(6-9)3-4-10-8;1-7-4-5-9-8(6-7)10(2)3;7-4-5-1-2-9-6(8)3-5;7-4-5-1-2-8-6(3-5)9(10)11;1-5-2-3-8-6(7)4-5;2*1-5-2-3-7-6(4-5)8(9)10;1-5-2-3-8-6(7)4-5;2*1-8-9(6,7)2(3,4)5/h4-6H,7H2,1-3H3;5-7H,1-4H3;3-5H,6H2,1-2H3;4-6H,1-3H3;1-3H,4H2;1-3H,4H2;2-4H,1H3;2*2-4H,1H3;2-4H,1H3,(H2,7,8);2*1H3/q2*+1;;;;;;;;;;/i;;;;8-1;;7-1;;;;;. The van der Waals surface area contributed by atoms with E-state index in [1.165, 1.54) is 83.6 Å². The highest BCUT2D eigenvalue weighted by atomic mass is 79.9. The van der Waals surface area contributed by atoms with E-state index in [9.17, 15) is 82.3 Å². The van der Waals surface area contributed by atoms with Crippen LogP contribution in [0.4, 0.5) is 81.7 Å². The van der Waals surface area contributed by atoms with E-state index in [4.69, 9.17) is 5.73 Å². The van der Waals surface area contributed by atoms with Crippen LogP contribution in [0.25, 0.3) is 0 Å². The molecule has 0 unspecified atom stereocenters. The molecule has 10 aromatic heterocycles. The van der Waals surface area contributed by atoms with Gasteiger partial charge in [-0.2, -0.15) is 52.0 Å². The molecule has 646 valence electrons. The first-order valence-electron chi connectivity index (χ1n) is 33.5. The fourth-order valence-corrected chi connectivity index (χ4v) is 8.78. The maximum absolute atomic E-state index is 12.2. The minimum atomic E-state index is -5.34. The Morgan fingerprint density at radius 3 is 0.890 bits per heavy atom. The zero-order valence-corrected chi connectivity index (χ0v) is 75.6. The third-order valence-corrected chi connectivity index (χ3v) is 17.7. The van der Waals surface area contributed by atoms with Crippen LogP contribution in [0.3, 0.4) is 0 Å². The molecule has 0 aromatic carbocycles. The number of hydrogen-bond acceptors (Lipinski definition) is 25. The smallest absolute Gasteiger partial charge is 0.384 e. The number of aryl methyl sites for hydroxylation is 6. The van der Waals surface area contributed by atoms with Gasteiger partial charge in [-0.3, -0.25) is 17.3 Å². The lowest BCUT2D eigenvalue weighted by Gasteiger charge is -2.21. The molecule has 0 aliphatic carbocycles. The van der Waals surface area contributed by atoms with Crippen molar-refractivity contribution in [3.8, 4) is 0 Å². The second-order valence-electron chi connectivity index (χ2n) is 25.5. The number of pyridine rings is 10. The molecule has 0 saturated heterocycles. The Morgan fingerprint density at radius 2 is 0.644 bits per heavy atom. The molecule has 10 aromatic rings. The normalized spacial score (nSPS) is 10.5. The van der Waals surface area contributed by atoms with Crippen LogP contribution in [0.15, 0.2) is 183 Å². The topological polar surface area (TPSA) is 378 Å². The van der Waals surface area contributed by atoms with Crippen molar-refractivity contribution in [2.24, 2.45) is 0 Å². The van der Waals surface area contributed by atoms with E-state index in [2.05, 4.69) is 202 Å². The summed E-state index contributed by atoms with van der Waals surface area (Å²) in [6.45, 7) is 11.5. The third-order valence-electron chi connectivity index (χ3n) is 13.1. The molecule has 10 rings (SSSR count). The lowest BCUT2D eigenvalue weighted by atomic mass is 10.3. The van der Waals surface area contributed by atoms with E-state index in [-0.39, 0.29) is 17.5 Å². The highest BCUT2D eigenvalue weighted by Gasteiger charge is 2.47. The number of rotatable bonds is 13. The summed E-state index contributed by atoms with van der Waals surface area (Å²) in [5.74, 6) is 3.66. The summed E-state index contributed by atoms with van der Waals surface area (Å²) in [4.78, 5) is 71.0. The molecule has 0 saturated carbocycles. The zero-order chi connectivity index (χ0) is 91.0. The van der Waals surface area contributed by atoms with Gasteiger partial charge in [0.1, 0.15) is 36.0 Å². The van der Waals surface area contributed by atoms with Crippen LogP contribution >= 0.6 is 63.7 Å². The Labute approximate surface area is 714 Å². The quantitative estimate of drug-likeness (QED) is 0.0164. The first kappa shape index (κ1) is 110. The van der Waals surface area contributed by atoms with E-state index in [0.29, 0.717) is 30.7 Å². The van der Waals surface area contributed by atoms with Crippen LogP contribution in [0.1, 0.15) is 55.6 Å². The zero-order valence-electron chi connectivity index (χ0n) is 67.6. The van der Waals surface area contributed by atoms with Gasteiger partial charge in [-0.05, 0) is 218 Å². The van der Waals surface area contributed by atoms with E-state index < -0.39 is 57.9 Å². The molecule has 0 aliphatic rings.